The Morgan fingerprint density at radius 2 is 2.35 bits per heavy atom. The van der Waals surface area contributed by atoms with Crippen LogP contribution in [0.2, 0.25) is 0 Å². The van der Waals surface area contributed by atoms with Crippen LogP contribution in [0.4, 0.5) is 0 Å². The summed E-state index contributed by atoms with van der Waals surface area (Å²) in [5.74, 6) is 0.372. The molecule has 1 aliphatic heterocycles. The minimum atomic E-state index is -0.0156. The maximum Gasteiger partial charge on any atom is 0.258 e. The molecule has 0 aromatic carbocycles. The minimum absolute atomic E-state index is 0.0156. The number of rotatable bonds is 1. The second-order valence-electron chi connectivity index (χ2n) is 4.28. The molecule has 2 aromatic rings. The fourth-order valence-electron chi connectivity index (χ4n) is 2.21. The molecule has 3 heterocycles. The zero-order chi connectivity index (χ0) is 11.8. The third-order valence-corrected chi connectivity index (χ3v) is 3.59. The van der Waals surface area contributed by atoms with Crippen molar-refractivity contribution in [2.45, 2.75) is 12.3 Å². The van der Waals surface area contributed by atoms with E-state index in [1.807, 2.05) is 12.1 Å². The zero-order valence-corrected chi connectivity index (χ0v) is 10.8. The summed E-state index contributed by atoms with van der Waals surface area (Å²) in [6.45, 7) is 1.92. The Bertz CT molecular complexity index is 617. The van der Waals surface area contributed by atoms with Gasteiger partial charge in [0.25, 0.3) is 5.56 Å². The van der Waals surface area contributed by atoms with Crippen molar-refractivity contribution in [1.82, 2.24) is 14.7 Å². The fourth-order valence-corrected chi connectivity index (χ4v) is 2.55. The Labute approximate surface area is 107 Å². The van der Waals surface area contributed by atoms with Crippen LogP contribution < -0.4 is 10.9 Å². The molecule has 1 atom stereocenters. The van der Waals surface area contributed by atoms with Crippen LogP contribution in [0.25, 0.3) is 5.65 Å². The number of fused-ring (bicyclic) bond motifs is 1. The molecule has 17 heavy (non-hydrogen) atoms. The second-order valence-corrected chi connectivity index (χ2v) is 5.20. The van der Waals surface area contributed by atoms with Crippen molar-refractivity contribution in [3.8, 4) is 0 Å². The summed E-state index contributed by atoms with van der Waals surface area (Å²) in [5, 5.41) is 3.29. The zero-order valence-electron chi connectivity index (χ0n) is 9.19. The van der Waals surface area contributed by atoms with Crippen molar-refractivity contribution in [2.75, 3.05) is 13.1 Å². The van der Waals surface area contributed by atoms with Gasteiger partial charge in [0.2, 0.25) is 0 Å². The van der Waals surface area contributed by atoms with Gasteiger partial charge in [-0.25, -0.2) is 4.98 Å². The van der Waals surface area contributed by atoms with Gasteiger partial charge in [-0.1, -0.05) is 0 Å². The van der Waals surface area contributed by atoms with Gasteiger partial charge in [-0.2, -0.15) is 0 Å². The van der Waals surface area contributed by atoms with Crippen LogP contribution in [-0.2, 0) is 0 Å². The van der Waals surface area contributed by atoms with E-state index in [1.165, 1.54) is 0 Å². The summed E-state index contributed by atoms with van der Waals surface area (Å²) in [5.41, 5.74) is 1.60. The average Bonchev–Trinajstić information content (AvgIpc) is 2.83. The molecule has 0 aliphatic carbocycles. The number of nitrogens with one attached hydrogen (secondary N) is 1. The molecule has 2 aromatic heterocycles. The first-order valence-corrected chi connectivity index (χ1v) is 6.43. The van der Waals surface area contributed by atoms with E-state index in [9.17, 15) is 4.79 Å². The molecule has 0 saturated carbocycles. The van der Waals surface area contributed by atoms with Gasteiger partial charge < -0.3 is 5.32 Å². The molecule has 4 nitrogen and oxygen atoms in total. The van der Waals surface area contributed by atoms with Crippen molar-refractivity contribution in [2.24, 2.45) is 0 Å². The van der Waals surface area contributed by atoms with Crippen LogP contribution in [0, 0.1) is 0 Å². The van der Waals surface area contributed by atoms with Gasteiger partial charge in [0, 0.05) is 29.2 Å². The predicted octanol–water partition coefficient (Wildman–Crippen LogP) is 1.53. The molecule has 1 aliphatic rings. The van der Waals surface area contributed by atoms with E-state index >= 15 is 0 Å². The van der Waals surface area contributed by atoms with Crippen LogP contribution in [0.1, 0.15) is 18.0 Å². The monoisotopic (exact) mass is 293 g/mol. The Hall–Kier alpha value is -1.20. The molecule has 0 amide bonds. The summed E-state index contributed by atoms with van der Waals surface area (Å²) in [6.07, 6.45) is 2.81. The maximum atomic E-state index is 12.0. The highest BCUT2D eigenvalue weighted by molar-refractivity contribution is 9.10. The molecule has 1 fully saturated rings. The molecular formula is C12H12BrN3O. The van der Waals surface area contributed by atoms with Gasteiger partial charge in [0.1, 0.15) is 5.65 Å². The highest BCUT2D eigenvalue weighted by Crippen LogP contribution is 2.20. The standard InChI is InChI=1S/C12H12BrN3O/c13-9-1-2-11-15-10(8-3-4-14-6-8)5-12(17)16(11)7-9/h1-2,5,7-8,14H,3-4,6H2. The molecule has 0 bridgehead atoms. The van der Waals surface area contributed by atoms with Crippen LogP contribution in [0.3, 0.4) is 0 Å². The molecule has 88 valence electrons. The number of hydrogen-bond donors (Lipinski definition) is 1. The summed E-state index contributed by atoms with van der Waals surface area (Å²) in [4.78, 5) is 16.6. The lowest BCUT2D eigenvalue weighted by Crippen LogP contribution is -2.18. The number of aromatic nitrogens is 2. The van der Waals surface area contributed by atoms with Crippen LogP contribution in [0.5, 0.6) is 0 Å². The first kappa shape index (κ1) is 10.9. The Morgan fingerprint density at radius 3 is 3.12 bits per heavy atom. The second kappa shape index (κ2) is 4.23. The lowest BCUT2D eigenvalue weighted by Gasteiger charge is -2.09. The Morgan fingerprint density at radius 1 is 1.47 bits per heavy atom. The third-order valence-electron chi connectivity index (χ3n) is 3.12. The highest BCUT2D eigenvalue weighted by atomic mass is 79.9. The molecule has 3 rings (SSSR count). The van der Waals surface area contributed by atoms with E-state index in [0.717, 1.165) is 29.7 Å². The SMILES string of the molecule is O=c1cc(C2CCNC2)nc2ccc(Br)cn12. The third kappa shape index (κ3) is 2.00. The summed E-state index contributed by atoms with van der Waals surface area (Å²) in [6, 6.07) is 5.41. The summed E-state index contributed by atoms with van der Waals surface area (Å²) in [7, 11) is 0. The van der Waals surface area contributed by atoms with Gasteiger partial charge in [-0.3, -0.25) is 9.20 Å². The summed E-state index contributed by atoms with van der Waals surface area (Å²) >= 11 is 3.35. The largest absolute Gasteiger partial charge is 0.316 e. The van der Waals surface area contributed by atoms with Crippen LogP contribution >= 0.6 is 15.9 Å². The van der Waals surface area contributed by atoms with E-state index in [4.69, 9.17) is 0 Å². The normalized spacial score (nSPS) is 19.9. The quantitative estimate of drug-likeness (QED) is 0.867. The lowest BCUT2D eigenvalue weighted by atomic mass is 10.1. The molecule has 0 radical (unpaired) electrons. The molecule has 5 heteroatoms. The van der Waals surface area contributed by atoms with Gasteiger partial charge in [-0.15, -0.1) is 0 Å². The smallest absolute Gasteiger partial charge is 0.258 e. The van der Waals surface area contributed by atoms with Crippen molar-refractivity contribution >= 4 is 21.6 Å². The van der Waals surface area contributed by atoms with Crippen molar-refractivity contribution in [1.29, 1.82) is 0 Å². The Balaban J connectivity index is 2.17. The highest BCUT2D eigenvalue weighted by Gasteiger charge is 2.19. The van der Waals surface area contributed by atoms with Gasteiger partial charge in [-0.05, 0) is 41.0 Å². The van der Waals surface area contributed by atoms with E-state index in [-0.39, 0.29) is 5.56 Å². The molecule has 1 unspecified atom stereocenters. The van der Waals surface area contributed by atoms with Gasteiger partial charge in [0.05, 0.1) is 5.69 Å². The maximum absolute atomic E-state index is 12.0. The van der Waals surface area contributed by atoms with Crippen molar-refractivity contribution in [3.05, 3.63) is 44.9 Å². The fraction of sp³-hybridized carbons (Fsp3) is 0.333. The van der Waals surface area contributed by atoms with Crippen molar-refractivity contribution < 1.29 is 0 Å². The number of pyridine rings is 1. The topological polar surface area (TPSA) is 46.4 Å². The summed E-state index contributed by atoms with van der Waals surface area (Å²) < 4.78 is 2.44. The van der Waals surface area contributed by atoms with E-state index in [2.05, 4.69) is 26.2 Å². The van der Waals surface area contributed by atoms with E-state index in [0.29, 0.717) is 11.6 Å². The van der Waals surface area contributed by atoms with Crippen LogP contribution in [0.15, 0.2) is 33.7 Å². The minimum Gasteiger partial charge on any atom is -0.316 e. The molecule has 1 N–H and O–H groups in total. The molecule has 1 saturated heterocycles. The molecular weight excluding hydrogens is 282 g/mol. The number of hydrogen-bond acceptors (Lipinski definition) is 3. The van der Waals surface area contributed by atoms with Gasteiger partial charge in [0.15, 0.2) is 0 Å². The van der Waals surface area contributed by atoms with Gasteiger partial charge >= 0.3 is 0 Å². The van der Waals surface area contributed by atoms with E-state index < -0.39 is 0 Å². The molecule has 0 spiro atoms. The van der Waals surface area contributed by atoms with Crippen LogP contribution in [-0.4, -0.2) is 22.5 Å². The predicted molar refractivity (Wildman–Crippen MR) is 69.4 cm³/mol. The number of nitrogens with zero attached hydrogens (tertiary/aromatic N) is 2. The average molecular weight is 294 g/mol. The first-order chi connectivity index (χ1) is 8.24. The Kier molecular flexibility index (Phi) is 2.72. The van der Waals surface area contributed by atoms with Crippen molar-refractivity contribution in [3.63, 3.8) is 0 Å². The van der Waals surface area contributed by atoms with E-state index in [1.54, 1.807) is 16.7 Å². The lowest BCUT2D eigenvalue weighted by molar-refractivity contribution is 0.730. The first-order valence-electron chi connectivity index (χ1n) is 5.63. The number of halogens is 1.